The molecular formula is C17H14FN3O2S. The lowest BCUT2D eigenvalue weighted by molar-refractivity contribution is -0.125. The smallest absolute Gasteiger partial charge is 0.268 e. The Morgan fingerprint density at radius 1 is 1.42 bits per heavy atom. The average Bonchev–Trinajstić information content (AvgIpc) is 3.01. The molecule has 0 saturated heterocycles. The van der Waals surface area contributed by atoms with E-state index >= 15 is 0 Å². The van der Waals surface area contributed by atoms with E-state index in [2.05, 4.69) is 9.97 Å². The second kappa shape index (κ2) is 6.76. The number of aromatic amines is 1. The Hall–Kier alpha value is -2.80. The Kier molecular flexibility index (Phi) is 4.52. The van der Waals surface area contributed by atoms with Gasteiger partial charge in [0.25, 0.3) is 5.56 Å². The van der Waals surface area contributed by atoms with Crippen LogP contribution >= 0.6 is 11.3 Å². The minimum atomic E-state index is -0.358. The van der Waals surface area contributed by atoms with Crippen LogP contribution in [0.1, 0.15) is 11.4 Å². The number of hydrogen-bond acceptors (Lipinski definition) is 4. The highest BCUT2D eigenvalue weighted by atomic mass is 32.1. The Labute approximate surface area is 141 Å². The largest absolute Gasteiger partial charge is 0.335 e. The van der Waals surface area contributed by atoms with Gasteiger partial charge >= 0.3 is 0 Å². The fourth-order valence-corrected chi connectivity index (χ4v) is 2.93. The van der Waals surface area contributed by atoms with Crippen molar-refractivity contribution in [3.8, 4) is 0 Å². The normalized spacial score (nSPS) is 11.2. The SMILES string of the molecule is CN(Cc1nc2ccsc2c(=O)[nH]1)C(=O)/C=C/c1cccc(F)c1. The van der Waals surface area contributed by atoms with Crippen LogP contribution in [0, 0.1) is 5.82 Å². The van der Waals surface area contributed by atoms with Gasteiger partial charge in [-0.25, -0.2) is 9.37 Å². The monoisotopic (exact) mass is 343 g/mol. The summed E-state index contributed by atoms with van der Waals surface area (Å²) < 4.78 is 13.7. The summed E-state index contributed by atoms with van der Waals surface area (Å²) in [6.07, 6.45) is 2.90. The van der Waals surface area contributed by atoms with Gasteiger partial charge in [0, 0.05) is 13.1 Å². The number of carbonyl (C=O) groups excluding carboxylic acids is 1. The van der Waals surface area contributed by atoms with E-state index in [9.17, 15) is 14.0 Å². The van der Waals surface area contributed by atoms with Crippen LogP contribution in [-0.2, 0) is 11.3 Å². The van der Waals surface area contributed by atoms with E-state index in [-0.39, 0.29) is 23.8 Å². The molecule has 0 aliphatic carbocycles. The lowest BCUT2D eigenvalue weighted by Gasteiger charge is -2.14. The number of hydrogen-bond donors (Lipinski definition) is 1. The number of amides is 1. The van der Waals surface area contributed by atoms with Gasteiger partial charge in [-0.05, 0) is 35.2 Å². The van der Waals surface area contributed by atoms with Crippen molar-refractivity contribution in [3.05, 3.63) is 69.3 Å². The van der Waals surface area contributed by atoms with Gasteiger partial charge in [0.1, 0.15) is 16.3 Å². The highest BCUT2D eigenvalue weighted by Crippen LogP contribution is 2.14. The maximum Gasteiger partial charge on any atom is 0.268 e. The first-order valence-electron chi connectivity index (χ1n) is 7.18. The minimum Gasteiger partial charge on any atom is -0.335 e. The molecule has 3 aromatic rings. The van der Waals surface area contributed by atoms with Crippen molar-refractivity contribution in [2.24, 2.45) is 0 Å². The molecule has 0 spiro atoms. The summed E-state index contributed by atoms with van der Waals surface area (Å²) in [6.45, 7) is 0.174. The molecule has 24 heavy (non-hydrogen) atoms. The summed E-state index contributed by atoms with van der Waals surface area (Å²) in [7, 11) is 1.61. The standard InChI is InChI=1S/C17H14FN3O2S/c1-21(15(22)6-5-11-3-2-4-12(18)9-11)10-14-19-13-7-8-24-16(13)17(23)20-14/h2-9H,10H2,1H3,(H,19,20,23)/b6-5+. The van der Waals surface area contributed by atoms with Crippen LogP contribution in [0.2, 0.25) is 0 Å². The molecule has 0 unspecified atom stereocenters. The molecule has 0 saturated carbocycles. The van der Waals surface area contributed by atoms with E-state index in [4.69, 9.17) is 0 Å². The quantitative estimate of drug-likeness (QED) is 0.741. The molecule has 2 heterocycles. The van der Waals surface area contributed by atoms with E-state index in [1.54, 1.807) is 36.7 Å². The fourth-order valence-electron chi connectivity index (χ4n) is 2.20. The van der Waals surface area contributed by atoms with Crippen LogP contribution in [0.5, 0.6) is 0 Å². The van der Waals surface area contributed by atoms with E-state index < -0.39 is 0 Å². The minimum absolute atomic E-state index is 0.174. The summed E-state index contributed by atoms with van der Waals surface area (Å²) >= 11 is 1.33. The first-order valence-corrected chi connectivity index (χ1v) is 8.06. The van der Waals surface area contributed by atoms with Crippen molar-refractivity contribution in [2.75, 3.05) is 7.05 Å². The second-order valence-corrected chi connectivity index (χ2v) is 6.15. The van der Waals surface area contributed by atoms with Crippen LogP contribution < -0.4 is 5.56 Å². The predicted octanol–water partition coefficient (Wildman–Crippen LogP) is 2.80. The molecule has 0 aliphatic rings. The summed E-state index contributed by atoms with van der Waals surface area (Å²) in [5.41, 5.74) is 1.01. The zero-order chi connectivity index (χ0) is 17.1. The van der Waals surface area contributed by atoms with Gasteiger partial charge in [-0.15, -0.1) is 11.3 Å². The number of nitrogens with one attached hydrogen (secondary N) is 1. The number of benzene rings is 1. The summed E-state index contributed by atoms with van der Waals surface area (Å²) in [4.78, 5) is 32.5. The van der Waals surface area contributed by atoms with E-state index in [0.717, 1.165) is 0 Å². The van der Waals surface area contributed by atoms with Gasteiger partial charge in [-0.2, -0.15) is 0 Å². The van der Waals surface area contributed by atoms with Crippen LogP contribution in [0.25, 0.3) is 16.3 Å². The topological polar surface area (TPSA) is 66.1 Å². The molecule has 0 fully saturated rings. The maximum absolute atomic E-state index is 13.1. The predicted molar refractivity (Wildman–Crippen MR) is 92.1 cm³/mol. The fraction of sp³-hybridized carbons (Fsp3) is 0.118. The Morgan fingerprint density at radius 3 is 3.04 bits per heavy atom. The number of likely N-dealkylation sites (N-methyl/N-ethyl adjacent to an activating group) is 1. The molecule has 1 aromatic carbocycles. The van der Waals surface area contributed by atoms with Crippen LogP contribution in [0.4, 0.5) is 4.39 Å². The number of H-pyrrole nitrogens is 1. The first kappa shape index (κ1) is 16.1. The summed E-state index contributed by atoms with van der Waals surface area (Å²) in [6, 6.07) is 7.73. The zero-order valence-electron chi connectivity index (χ0n) is 12.8. The van der Waals surface area contributed by atoms with Gasteiger partial charge in [0.05, 0.1) is 12.1 Å². The molecule has 5 nitrogen and oxygen atoms in total. The molecule has 0 radical (unpaired) electrons. The summed E-state index contributed by atoms with van der Waals surface area (Å²) in [5, 5.41) is 1.80. The zero-order valence-corrected chi connectivity index (χ0v) is 13.6. The van der Waals surface area contributed by atoms with Crippen molar-refractivity contribution in [1.29, 1.82) is 0 Å². The van der Waals surface area contributed by atoms with Gasteiger partial charge in [0.15, 0.2) is 0 Å². The van der Waals surface area contributed by atoms with Crippen molar-refractivity contribution >= 4 is 33.5 Å². The second-order valence-electron chi connectivity index (χ2n) is 5.23. The van der Waals surface area contributed by atoms with E-state index in [0.29, 0.717) is 21.6 Å². The number of thiophene rings is 1. The van der Waals surface area contributed by atoms with Crippen LogP contribution in [0.15, 0.2) is 46.6 Å². The number of aromatic nitrogens is 2. The van der Waals surface area contributed by atoms with Crippen molar-refractivity contribution < 1.29 is 9.18 Å². The molecule has 1 amide bonds. The van der Waals surface area contributed by atoms with E-state index in [1.807, 2.05) is 0 Å². The molecule has 7 heteroatoms. The average molecular weight is 343 g/mol. The Balaban J connectivity index is 1.72. The maximum atomic E-state index is 13.1. The Bertz CT molecular complexity index is 977. The lowest BCUT2D eigenvalue weighted by Crippen LogP contribution is -2.26. The van der Waals surface area contributed by atoms with E-state index in [1.165, 1.54) is 34.4 Å². The number of carbonyl (C=O) groups is 1. The molecule has 1 N–H and O–H groups in total. The van der Waals surface area contributed by atoms with Crippen molar-refractivity contribution in [1.82, 2.24) is 14.9 Å². The number of fused-ring (bicyclic) bond motifs is 1. The molecule has 2 aromatic heterocycles. The van der Waals surface area contributed by atoms with Gasteiger partial charge in [-0.1, -0.05) is 12.1 Å². The molecule has 3 rings (SSSR count). The van der Waals surface area contributed by atoms with Gasteiger partial charge < -0.3 is 9.88 Å². The highest BCUT2D eigenvalue weighted by Gasteiger charge is 2.10. The third-order valence-corrected chi connectivity index (χ3v) is 4.30. The molecule has 0 aliphatic heterocycles. The number of rotatable bonds is 4. The molecule has 0 bridgehead atoms. The lowest BCUT2D eigenvalue weighted by atomic mass is 10.2. The molecule has 122 valence electrons. The van der Waals surface area contributed by atoms with Gasteiger partial charge in [0.2, 0.25) is 5.91 Å². The van der Waals surface area contributed by atoms with Crippen LogP contribution in [-0.4, -0.2) is 27.8 Å². The third-order valence-electron chi connectivity index (χ3n) is 3.39. The highest BCUT2D eigenvalue weighted by molar-refractivity contribution is 7.17. The van der Waals surface area contributed by atoms with Crippen LogP contribution in [0.3, 0.4) is 0 Å². The summed E-state index contributed by atoms with van der Waals surface area (Å²) in [5.74, 6) is -0.211. The first-order chi connectivity index (χ1) is 11.5. The number of halogens is 1. The molecular weight excluding hydrogens is 329 g/mol. The third kappa shape index (κ3) is 3.57. The molecule has 0 atom stereocenters. The number of nitrogens with zero attached hydrogens (tertiary/aromatic N) is 2. The Morgan fingerprint density at radius 2 is 2.25 bits per heavy atom. The van der Waals surface area contributed by atoms with Gasteiger partial charge in [-0.3, -0.25) is 9.59 Å². The van der Waals surface area contributed by atoms with Crippen molar-refractivity contribution in [3.63, 3.8) is 0 Å². The van der Waals surface area contributed by atoms with Crippen molar-refractivity contribution in [2.45, 2.75) is 6.54 Å².